The fourth-order valence-electron chi connectivity index (χ4n) is 3.18. The topological polar surface area (TPSA) is 72.5 Å². The van der Waals surface area contributed by atoms with Crippen molar-refractivity contribution in [3.63, 3.8) is 0 Å². The van der Waals surface area contributed by atoms with Crippen LogP contribution in [0.3, 0.4) is 0 Å². The molecule has 16 heavy (non-hydrogen) atoms. The molecule has 4 atom stereocenters. The predicted octanol–water partition coefficient (Wildman–Crippen LogP) is -0.233. The van der Waals surface area contributed by atoms with E-state index >= 15 is 0 Å². The molecule has 0 saturated carbocycles. The number of hydrogen-bond donors (Lipinski definition) is 1. The molecule has 0 spiro atoms. The lowest BCUT2D eigenvalue weighted by atomic mass is 9.64. The Labute approximate surface area is 91.8 Å². The summed E-state index contributed by atoms with van der Waals surface area (Å²) in [7, 11) is 0. The molecule has 4 rings (SSSR count). The predicted molar refractivity (Wildman–Crippen MR) is 51.9 cm³/mol. The summed E-state index contributed by atoms with van der Waals surface area (Å²) in [5.41, 5.74) is -0.138. The zero-order chi connectivity index (χ0) is 11.7. The summed E-state index contributed by atoms with van der Waals surface area (Å²) >= 11 is 0. The van der Waals surface area contributed by atoms with Crippen LogP contribution in [0.4, 0.5) is 0 Å². The molecule has 84 valence electrons. The maximum atomic E-state index is 11.7. The third-order valence-electron chi connectivity index (χ3n) is 3.75. The number of carbonyl (C=O) groups excluding carboxylic acids is 3. The Morgan fingerprint density at radius 3 is 2.62 bits per heavy atom. The number of esters is 1. The first-order chi connectivity index (χ1) is 7.44. The zero-order valence-electron chi connectivity index (χ0n) is 8.94. The first-order valence-electron chi connectivity index (χ1n) is 5.21. The van der Waals surface area contributed by atoms with Crippen LogP contribution in [0.25, 0.3) is 0 Å². The monoisotopic (exact) mass is 221 g/mol. The van der Waals surface area contributed by atoms with Crippen molar-refractivity contribution >= 4 is 17.8 Å². The quantitative estimate of drug-likeness (QED) is 0.348. The van der Waals surface area contributed by atoms with Crippen LogP contribution in [0.15, 0.2) is 11.6 Å². The van der Waals surface area contributed by atoms with Crippen molar-refractivity contribution in [2.75, 3.05) is 0 Å². The Hall–Kier alpha value is -1.65. The second-order valence-corrected chi connectivity index (χ2v) is 4.83. The van der Waals surface area contributed by atoms with Gasteiger partial charge in [-0.05, 0) is 19.9 Å². The van der Waals surface area contributed by atoms with Crippen molar-refractivity contribution in [3.05, 3.63) is 11.6 Å². The van der Waals surface area contributed by atoms with Gasteiger partial charge in [-0.15, -0.1) is 0 Å². The van der Waals surface area contributed by atoms with Gasteiger partial charge in [0, 0.05) is 0 Å². The van der Waals surface area contributed by atoms with E-state index in [4.69, 9.17) is 4.74 Å². The highest BCUT2D eigenvalue weighted by Gasteiger charge is 2.64. The fraction of sp³-hybridized carbons (Fsp3) is 0.545. The van der Waals surface area contributed by atoms with Gasteiger partial charge in [-0.2, -0.15) is 0 Å². The molecule has 5 heteroatoms. The van der Waals surface area contributed by atoms with Crippen molar-refractivity contribution in [3.8, 4) is 0 Å². The smallest absolute Gasteiger partial charge is 0.314 e. The molecule has 0 radical (unpaired) electrons. The summed E-state index contributed by atoms with van der Waals surface area (Å²) in [6.45, 7) is 3.48. The molecular formula is C11H11NO4. The minimum Gasteiger partial charge on any atom is -0.454 e. The molecule has 1 aliphatic carbocycles. The summed E-state index contributed by atoms with van der Waals surface area (Å²) in [6.07, 6.45) is 1.79. The number of carbonyl (C=O) groups is 3. The molecule has 1 N–H and O–H groups in total. The van der Waals surface area contributed by atoms with Gasteiger partial charge < -0.3 is 4.74 Å². The summed E-state index contributed by atoms with van der Waals surface area (Å²) < 4.78 is 5.25. The van der Waals surface area contributed by atoms with E-state index in [9.17, 15) is 14.4 Å². The highest BCUT2D eigenvalue weighted by molar-refractivity contribution is 6.09. The SMILES string of the molecule is CC1=CC2(C)OC(=O)C1C1C(=O)NC(=O)C12. The molecule has 2 fully saturated rings. The third kappa shape index (κ3) is 0.887. The van der Waals surface area contributed by atoms with E-state index < -0.39 is 29.3 Å². The van der Waals surface area contributed by atoms with Crippen molar-refractivity contribution in [2.24, 2.45) is 17.8 Å². The van der Waals surface area contributed by atoms with Crippen molar-refractivity contribution in [1.29, 1.82) is 0 Å². The molecule has 0 aromatic heterocycles. The molecule has 2 amide bonds. The van der Waals surface area contributed by atoms with Crippen LogP contribution in [0, 0.1) is 17.8 Å². The Morgan fingerprint density at radius 2 is 2.00 bits per heavy atom. The Morgan fingerprint density at radius 1 is 1.31 bits per heavy atom. The van der Waals surface area contributed by atoms with Gasteiger partial charge >= 0.3 is 5.97 Å². The number of ether oxygens (including phenoxy) is 1. The van der Waals surface area contributed by atoms with E-state index in [1.54, 1.807) is 19.9 Å². The van der Waals surface area contributed by atoms with E-state index in [0.717, 1.165) is 5.57 Å². The molecule has 4 unspecified atom stereocenters. The first-order valence-corrected chi connectivity index (χ1v) is 5.21. The van der Waals surface area contributed by atoms with Gasteiger partial charge in [0.05, 0.1) is 17.8 Å². The van der Waals surface area contributed by atoms with E-state index in [1.165, 1.54) is 0 Å². The van der Waals surface area contributed by atoms with Crippen molar-refractivity contribution in [1.82, 2.24) is 5.32 Å². The number of nitrogens with one attached hydrogen (secondary N) is 1. The van der Waals surface area contributed by atoms with Gasteiger partial charge in [0.15, 0.2) is 0 Å². The highest BCUT2D eigenvalue weighted by atomic mass is 16.6. The van der Waals surface area contributed by atoms with Gasteiger partial charge in [0.1, 0.15) is 5.60 Å². The third-order valence-corrected chi connectivity index (χ3v) is 3.75. The Bertz CT molecular complexity index is 467. The largest absolute Gasteiger partial charge is 0.454 e. The molecule has 2 bridgehead atoms. The number of amides is 2. The summed E-state index contributed by atoms with van der Waals surface area (Å²) in [6, 6.07) is 0. The average Bonchev–Trinajstić information content (AvgIpc) is 2.41. The van der Waals surface area contributed by atoms with Gasteiger partial charge in [-0.1, -0.05) is 5.57 Å². The van der Waals surface area contributed by atoms with Gasteiger partial charge in [0.2, 0.25) is 11.8 Å². The number of rotatable bonds is 0. The van der Waals surface area contributed by atoms with Gasteiger partial charge in [0.25, 0.3) is 0 Å². The van der Waals surface area contributed by atoms with Crippen LogP contribution < -0.4 is 5.32 Å². The fourth-order valence-corrected chi connectivity index (χ4v) is 3.18. The average molecular weight is 221 g/mol. The van der Waals surface area contributed by atoms with Crippen LogP contribution in [-0.4, -0.2) is 23.4 Å². The lowest BCUT2D eigenvalue weighted by Gasteiger charge is -2.46. The number of imide groups is 1. The molecule has 0 aromatic rings. The van der Waals surface area contributed by atoms with E-state index in [1.807, 2.05) is 0 Å². The van der Waals surface area contributed by atoms with E-state index in [0.29, 0.717) is 0 Å². The van der Waals surface area contributed by atoms with Gasteiger partial charge in [-0.25, -0.2) is 0 Å². The van der Waals surface area contributed by atoms with Crippen LogP contribution >= 0.6 is 0 Å². The zero-order valence-corrected chi connectivity index (χ0v) is 8.94. The lowest BCUT2D eigenvalue weighted by molar-refractivity contribution is -0.183. The first kappa shape index (κ1) is 9.57. The molecule has 2 saturated heterocycles. The molecule has 4 aliphatic rings. The van der Waals surface area contributed by atoms with Crippen molar-refractivity contribution < 1.29 is 19.1 Å². The second kappa shape index (κ2) is 2.53. The maximum Gasteiger partial charge on any atom is 0.314 e. The lowest BCUT2D eigenvalue weighted by Crippen LogP contribution is -2.57. The maximum absolute atomic E-state index is 11.7. The van der Waals surface area contributed by atoms with Crippen LogP contribution in [-0.2, 0) is 19.1 Å². The molecule has 5 nitrogen and oxygen atoms in total. The van der Waals surface area contributed by atoms with Crippen LogP contribution in [0.1, 0.15) is 13.8 Å². The van der Waals surface area contributed by atoms with E-state index in [2.05, 4.69) is 5.32 Å². The van der Waals surface area contributed by atoms with Crippen molar-refractivity contribution in [2.45, 2.75) is 19.4 Å². The van der Waals surface area contributed by atoms with Crippen LogP contribution in [0.5, 0.6) is 0 Å². The number of hydrogen-bond acceptors (Lipinski definition) is 4. The Balaban J connectivity index is 2.21. The summed E-state index contributed by atoms with van der Waals surface area (Å²) in [5, 5.41) is 2.28. The number of fused-ring (bicyclic) bond motifs is 1. The van der Waals surface area contributed by atoms with Gasteiger partial charge in [-0.3, -0.25) is 19.7 Å². The minimum absolute atomic E-state index is 0.334. The molecular weight excluding hydrogens is 210 g/mol. The molecule has 0 aromatic carbocycles. The highest BCUT2D eigenvalue weighted by Crippen LogP contribution is 2.50. The molecule has 3 aliphatic heterocycles. The van der Waals surface area contributed by atoms with Crippen LogP contribution in [0.2, 0.25) is 0 Å². The normalized spacial score (nSPS) is 45.0. The Kier molecular flexibility index (Phi) is 1.51. The summed E-state index contributed by atoms with van der Waals surface area (Å²) in [5.74, 6) is -2.81. The minimum atomic E-state index is -0.961. The second-order valence-electron chi connectivity index (χ2n) is 4.83. The molecule has 3 heterocycles. The standard InChI is InChI=1S/C11H11NO4/c1-4-3-11(2)7-6(5(4)10(15)16-11)8(13)12-9(7)14/h3,5-7H,1-2H3,(H,12,13,14). The van der Waals surface area contributed by atoms with E-state index in [-0.39, 0.29) is 11.8 Å². The summed E-state index contributed by atoms with van der Waals surface area (Å²) in [4.78, 5) is 35.1.